The van der Waals surface area contributed by atoms with Gasteiger partial charge >= 0.3 is 0 Å². The van der Waals surface area contributed by atoms with E-state index >= 15 is 0 Å². The number of rotatable bonds is 6. The van der Waals surface area contributed by atoms with Crippen molar-refractivity contribution in [3.8, 4) is 11.5 Å². The summed E-state index contributed by atoms with van der Waals surface area (Å²) in [4.78, 5) is 14.5. The lowest BCUT2D eigenvalue weighted by atomic mass is 10.2. The molecule has 3 aromatic rings. The van der Waals surface area contributed by atoms with Crippen molar-refractivity contribution < 1.29 is 9.21 Å². The van der Waals surface area contributed by atoms with Crippen LogP contribution in [-0.4, -0.2) is 27.5 Å². The average Bonchev–Trinajstić information content (AvgIpc) is 3.10. The van der Waals surface area contributed by atoms with Crippen molar-refractivity contribution in [2.45, 2.75) is 19.9 Å². The SMILES string of the molecule is CCCN(Cc1nnc(-c2ccccc2Cl)o1)C(=O)c1ccc(Br)cc1. The van der Waals surface area contributed by atoms with Crippen LogP contribution in [0.3, 0.4) is 0 Å². The van der Waals surface area contributed by atoms with E-state index in [1.54, 1.807) is 23.1 Å². The average molecular weight is 435 g/mol. The Labute approximate surface area is 165 Å². The van der Waals surface area contributed by atoms with E-state index in [0.717, 1.165) is 10.9 Å². The minimum absolute atomic E-state index is 0.0724. The molecule has 0 unspecified atom stereocenters. The third-order valence-electron chi connectivity index (χ3n) is 3.77. The van der Waals surface area contributed by atoms with Gasteiger partial charge in [-0.2, -0.15) is 0 Å². The Kier molecular flexibility index (Phi) is 6.06. The first kappa shape index (κ1) is 18.6. The fraction of sp³-hybridized carbons (Fsp3) is 0.211. The van der Waals surface area contributed by atoms with Crippen LogP contribution in [0.5, 0.6) is 0 Å². The minimum Gasteiger partial charge on any atom is -0.419 e. The summed E-state index contributed by atoms with van der Waals surface area (Å²) < 4.78 is 6.65. The molecule has 2 aromatic carbocycles. The number of benzene rings is 2. The number of hydrogen-bond acceptors (Lipinski definition) is 4. The molecular formula is C19H17BrClN3O2. The molecule has 1 amide bonds. The van der Waals surface area contributed by atoms with Gasteiger partial charge in [0, 0.05) is 16.6 Å². The lowest BCUT2D eigenvalue weighted by Gasteiger charge is -2.20. The van der Waals surface area contributed by atoms with E-state index in [-0.39, 0.29) is 12.5 Å². The number of nitrogens with zero attached hydrogens (tertiary/aromatic N) is 3. The van der Waals surface area contributed by atoms with Crippen LogP contribution < -0.4 is 0 Å². The Bertz CT molecular complexity index is 896. The Balaban J connectivity index is 1.79. The zero-order chi connectivity index (χ0) is 18.5. The highest BCUT2D eigenvalue weighted by Gasteiger charge is 2.19. The van der Waals surface area contributed by atoms with Gasteiger partial charge in [0.25, 0.3) is 5.91 Å². The van der Waals surface area contributed by atoms with Crippen molar-refractivity contribution >= 4 is 33.4 Å². The Morgan fingerprint density at radius 3 is 2.58 bits per heavy atom. The highest BCUT2D eigenvalue weighted by Crippen LogP contribution is 2.26. The molecule has 0 saturated heterocycles. The fourth-order valence-corrected chi connectivity index (χ4v) is 3.00. The van der Waals surface area contributed by atoms with Gasteiger partial charge in [-0.05, 0) is 42.8 Å². The monoisotopic (exact) mass is 433 g/mol. The Hall–Kier alpha value is -2.18. The molecule has 0 radical (unpaired) electrons. The number of halogens is 2. The quantitative estimate of drug-likeness (QED) is 0.535. The summed E-state index contributed by atoms with van der Waals surface area (Å²) in [6, 6.07) is 14.5. The number of carbonyl (C=O) groups is 1. The van der Waals surface area contributed by atoms with Crippen LogP contribution >= 0.6 is 27.5 Å². The highest BCUT2D eigenvalue weighted by atomic mass is 79.9. The van der Waals surface area contributed by atoms with Crippen LogP contribution in [-0.2, 0) is 6.54 Å². The van der Waals surface area contributed by atoms with Gasteiger partial charge in [-0.25, -0.2) is 0 Å². The second-order valence-electron chi connectivity index (χ2n) is 5.71. The van der Waals surface area contributed by atoms with Crippen molar-refractivity contribution in [3.63, 3.8) is 0 Å². The van der Waals surface area contributed by atoms with Gasteiger partial charge in [-0.15, -0.1) is 10.2 Å². The van der Waals surface area contributed by atoms with E-state index in [0.29, 0.717) is 34.5 Å². The molecule has 0 fully saturated rings. The molecule has 0 bridgehead atoms. The van der Waals surface area contributed by atoms with Gasteiger partial charge in [0.2, 0.25) is 11.8 Å². The first-order valence-electron chi connectivity index (χ1n) is 8.20. The summed E-state index contributed by atoms with van der Waals surface area (Å²) >= 11 is 9.55. The van der Waals surface area contributed by atoms with Crippen LogP contribution in [0.15, 0.2) is 57.4 Å². The topological polar surface area (TPSA) is 59.2 Å². The Morgan fingerprint density at radius 1 is 1.15 bits per heavy atom. The predicted molar refractivity (Wildman–Crippen MR) is 104 cm³/mol. The molecule has 7 heteroatoms. The largest absolute Gasteiger partial charge is 0.419 e. The zero-order valence-electron chi connectivity index (χ0n) is 14.2. The van der Waals surface area contributed by atoms with E-state index in [9.17, 15) is 4.79 Å². The summed E-state index contributed by atoms with van der Waals surface area (Å²) in [6.45, 7) is 2.86. The molecule has 0 aliphatic heterocycles. The summed E-state index contributed by atoms with van der Waals surface area (Å²) in [5.41, 5.74) is 1.29. The minimum atomic E-state index is -0.0724. The van der Waals surface area contributed by atoms with E-state index in [2.05, 4.69) is 26.1 Å². The lowest BCUT2D eigenvalue weighted by molar-refractivity contribution is 0.0728. The van der Waals surface area contributed by atoms with E-state index in [1.807, 2.05) is 37.3 Å². The highest BCUT2D eigenvalue weighted by molar-refractivity contribution is 9.10. The predicted octanol–water partition coefficient (Wildman–Crippen LogP) is 5.20. The molecule has 26 heavy (non-hydrogen) atoms. The van der Waals surface area contributed by atoms with Crippen molar-refractivity contribution in [2.24, 2.45) is 0 Å². The van der Waals surface area contributed by atoms with Gasteiger partial charge in [0.05, 0.1) is 17.1 Å². The van der Waals surface area contributed by atoms with Crippen LogP contribution in [0.2, 0.25) is 5.02 Å². The summed E-state index contributed by atoms with van der Waals surface area (Å²) in [6.07, 6.45) is 0.827. The Morgan fingerprint density at radius 2 is 1.88 bits per heavy atom. The maximum Gasteiger partial charge on any atom is 0.254 e. The molecular weight excluding hydrogens is 418 g/mol. The molecule has 0 N–H and O–H groups in total. The second-order valence-corrected chi connectivity index (χ2v) is 7.04. The van der Waals surface area contributed by atoms with Gasteiger partial charge in [0.1, 0.15) is 0 Å². The fourth-order valence-electron chi connectivity index (χ4n) is 2.52. The van der Waals surface area contributed by atoms with Gasteiger partial charge in [0.15, 0.2) is 0 Å². The summed E-state index contributed by atoms with van der Waals surface area (Å²) in [5.74, 6) is 0.647. The molecule has 0 aliphatic rings. The van der Waals surface area contributed by atoms with Crippen molar-refractivity contribution in [1.82, 2.24) is 15.1 Å². The van der Waals surface area contributed by atoms with Crippen LogP contribution in [0, 0.1) is 0 Å². The van der Waals surface area contributed by atoms with E-state index < -0.39 is 0 Å². The van der Waals surface area contributed by atoms with Crippen molar-refractivity contribution in [3.05, 3.63) is 69.5 Å². The molecule has 3 rings (SSSR count). The maximum atomic E-state index is 12.8. The molecule has 0 atom stereocenters. The van der Waals surface area contributed by atoms with E-state index in [4.69, 9.17) is 16.0 Å². The van der Waals surface area contributed by atoms with Crippen LogP contribution in [0.25, 0.3) is 11.5 Å². The lowest BCUT2D eigenvalue weighted by Crippen LogP contribution is -2.31. The smallest absolute Gasteiger partial charge is 0.254 e. The number of aromatic nitrogens is 2. The number of amides is 1. The third-order valence-corrected chi connectivity index (χ3v) is 4.63. The molecule has 1 aromatic heterocycles. The first-order valence-corrected chi connectivity index (χ1v) is 9.37. The molecule has 134 valence electrons. The zero-order valence-corrected chi connectivity index (χ0v) is 16.5. The van der Waals surface area contributed by atoms with Crippen molar-refractivity contribution in [1.29, 1.82) is 0 Å². The van der Waals surface area contributed by atoms with Crippen LogP contribution in [0.4, 0.5) is 0 Å². The molecule has 1 heterocycles. The standard InChI is InChI=1S/C19H17BrClN3O2/c1-2-11-24(19(25)13-7-9-14(20)10-8-13)12-17-22-23-18(26-17)15-5-3-4-6-16(15)21/h3-10H,2,11-12H2,1H3. The van der Waals surface area contributed by atoms with Gasteiger partial charge in [-0.3, -0.25) is 4.79 Å². The molecule has 0 saturated carbocycles. The molecule has 0 aliphatic carbocycles. The van der Waals surface area contributed by atoms with Crippen molar-refractivity contribution in [2.75, 3.05) is 6.54 Å². The van der Waals surface area contributed by atoms with Gasteiger partial charge in [-0.1, -0.05) is 46.6 Å². The van der Waals surface area contributed by atoms with Gasteiger partial charge < -0.3 is 9.32 Å². The number of hydrogen-bond donors (Lipinski definition) is 0. The third kappa shape index (κ3) is 4.31. The summed E-state index contributed by atoms with van der Waals surface area (Å²) in [7, 11) is 0. The second kappa shape index (κ2) is 8.47. The summed E-state index contributed by atoms with van der Waals surface area (Å²) in [5, 5.41) is 8.67. The molecule has 5 nitrogen and oxygen atoms in total. The first-order chi connectivity index (χ1) is 12.6. The normalized spacial score (nSPS) is 10.7. The molecule has 0 spiro atoms. The number of carbonyl (C=O) groups excluding carboxylic acids is 1. The van der Waals surface area contributed by atoms with E-state index in [1.165, 1.54) is 0 Å². The maximum absolute atomic E-state index is 12.8. The van der Waals surface area contributed by atoms with Crippen LogP contribution in [0.1, 0.15) is 29.6 Å².